The largest absolute Gasteiger partial charge is 0.390 e. The third-order valence-electron chi connectivity index (χ3n) is 6.46. The minimum Gasteiger partial charge on any atom is -0.390 e. The summed E-state index contributed by atoms with van der Waals surface area (Å²) in [5, 5.41) is 21.4. The highest BCUT2D eigenvalue weighted by molar-refractivity contribution is 5.98. The van der Waals surface area contributed by atoms with Crippen molar-refractivity contribution >= 4 is 5.78 Å². The summed E-state index contributed by atoms with van der Waals surface area (Å²) in [4.78, 5) is 13.1. The lowest BCUT2D eigenvalue weighted by atomic mass is 9.43. The molecule has 5 unspecified atom stereocenters. The van der Waals surface area contributed by atoms with E-state index < -0.39 is 17.6 Å². The first kappa shape index (κ1) is 15.7. The van der Waals surface area contributed by atoms with Crippen LogP contribution < -0.4 is 0 Å². The average Bonchev–Trinajstić information content (AvgIpc) is 2.52. The van der Waals surface area contributed by atoms with Crippen LogP contribution in [-0.4, -0.2) is 28.2 Å². The molecule has 1 aromatic rings. The number of benzene rings is 1. The molecule has 0 amide bonds. The second-order valence-electron chi connectivity index (χ2n) is 7.80. The van der Waals surface area contributed by atoms with Gasteiger partial charge in [-0.2, -0.15) is 0 Å². The minimum absolute atomic E-state index is 0.117. The molecule has 2 bridgehead atoms. The Bertz CT molecular complexity index is 567. The summed E-state index contributed by atoms with van der Waals surface area (Å²) in [5.41, 5.74) is -0.153. The lowest BCUT2D eigenvalue weighted by Gasteiger charge is -2.63. The SMILES string of the molecule is CC(C)C12CCC(C)(CC1C(=O)c1ccccc1)C(O)C2O. The summed E-state index contributed by atoms with van der Waals surface area (Å²) in [6.45, 7) is 6.14. The minimum atomic E-state index is -0.822. The van der Waals surface area contributed by atoms with Gasteiger partial charge >= 0.3 is 0 Å². The fourth-order valence-corrected chi connectivity index (χ4v) is 4.91. The van der Waals surface area contributed by atoms with Crippen LogP contribution in [0.25, 0.3) is 0 Å². The van der Waals surface area contributed by atoms with E-state index >= 15 is 0 Å². The van der Waals surface area contributed by atoms with Crippen molar-refractivity contribution in [3.63, 3.8) is 0 Å². The normalized spacial score (nSPS) is 40.9. The molecule has 120 valence electrons. The van der Waals surface area contributed by atoms with Gasteiger partial charge in [0.2, 0.25) is 0 Å². The Morgan fingerprint density at radius 1 is 1.14 bits per heavy atom. The van der Waals surface area contributed by atoms with E-state index in [0.29, 0.717) is 12.0 Å². The Kier molecular flexibility index (Phi) is 3.69. The molecule has 3 aliphatic rings. The Labute approximate surface area is 132 Å². The number of rotatable bonds is 3. The maximum atomic E-state index is 13.1. The number of hydrogen-bond acceptors (Lipinski definition) is 3. The summed E-state index contributed by atoms with van der Waals surface area (Å²) in [6, 6.07) is 9.36. The molecule has 5 atom stereocenters. The van der Waals surface area contributed by atoms with E-state index in [1.54, 1.807) is 0 Å². The summed E-state index contributed by atoms with van der Waals surface area (Å²) in [7, 11) is 0. The van der Waals surface area contributed by atoms with Crippen LogP contribution in [0, 0.1) is 22.7 Å². The first-order valence-electron chi connectivity index (χ1n) is 8.28. The summed E-state index contributed by atoms with van der Waals surface area (Å²) >= 11 is 0. The highest BCUT2D eigenvalue weighted by Gasteiger charge is 2.64. The van der Waals surface area contributed by atoms with Gasteiger partial charge in [-0.25, -0.2) is 0 Å². The predicted octanol–water partition coefficient (Wildman–Crippen LogP) is 3.05. The highest BCUT2D eigenvalue weighted by atomic mass is 16.3. The molecule has 0 saturated heterocycles. The summed E-state index contributed by atoms with van der Waals surface area (Å²) in [6.07, 6.45) is 0.794. The van der Waals surface area contributed by atoms with Gasteiger partial charge in [-0.05, 0) is 30.6 Å². The van der Waals surface area contributed by atoms with Crippen molar-refractivity contribution < 1.29 is 15.0 Å². The Balaban J connectivity index is 2.05. The van der Waals surface area contributed by atoms with E-state index in [1.165, 1.54) is 0 Å². The Morgan fingerprint density at radius 3 is 2.36 bits per heavy atom. The fraction of sp³-hybridized carbons (Fsp3) is 0.632. The van der Waals surface area contributed by atoms with Crippen molar-refractivity contribution in [3.05, 3.63) is 35.9 Å². The number of carbonyl (C=O) groups is 1. The van der Waals surface area contributed by atoms with Crippen molar-refractivity contribution in [2.45, 2.75) is 52.2 Å². The van der Waals surface area contributed by atoms with Crippen LogP contribution in [0.15, 0.2) is 30.3 Å². The van der Waals surface area contributed by atoms with E-state index in [1.807, 2.05) is 37.3 Å². The number of fused-ring (bicyclic) bond motifs is 3. The van der Waals surface area contributed by atoms with E-state index in [2.05, 4.69) is 13.8 Å². The average molecular weight is 302 g/mol. The quantitative estimate of drug-likeness (QED) is 0.844. The van der Waals surface area contributed by atoms with Gasteiger partial charge in [0.25, 0.3) is 0 Å². The number of hydrogen-bond donors (Lipinski definition) is 2. The highest BCUT2D eigenvalue weighted by Crippen LogP contribution is 2.63. The molecule has 1 aromatic carbocycles. The van der Waals surface area contributed by atoms with E-state index in [0.717, 1.165) is 12.8 Å². The number of aliphatic hydroxyl groups is 2. The molecule has 0 radical (unpaired) electrons. The van der Waals surface area contributed by atoms with Crippen LogP contribution in [0.3, 0.4) is 0 Å². The van der Waals surface area contributed by atoms with Gasteiger partial charge in [0.05, 0.1) is 12.2 Å². The summed E-state index contributed by atoms with van der Waals surface area (Å²) < 4.78 is 0. The van der Waals surface area contributed by atoms with Gasteiger partial charge < -0.3 is 10.2 Å². The molecule has 0 aromatic heterocycles. The van der Waals surface area contributed by atoms with Crippen LogP contribution in [0.5, 0.6) is 0 Å². The number of ketones is 1. The standard InChI is InChI=1S/C19H26O3/c1-12(2)19-10-9-18(3,16(21)17(19)22)11-14(19)15(20)13-7-5-4-6-8-13/h4-8,12,14,16-17,21-22H,9-11H2,1-3H3. The van der Waals surface area contributed by atoms with E-state index in [9.17, 15) is 15.0 Å². The fourth-order valence-electron chi connectivity index (χ4n) is 4.91. The Hall–Kier alpha value is -1.19. The van der Waals surface area contributed by atoms with Crippen molar-refractivity contribution in [2.75, 3.05) is 0 Å². The maximum Gasteiger partial charge on any atom is 0.166 e. The number of aliphatic hydroxyl groups excluding tert-OH is 2. The van der Waals surface area contributed by atoms with Crippen LogP contribution in [0.2, 0.25) is 0 Å². The lowest BCUT2D eigenvalue weighted by molar-refractivity contribution is -0.227. The second-order valence-corrected chi connectivity index (χ2v) is 7.80. The zero-order valence-electron chi connectivity index (χ0n) is 13.6. The molecule has 3 fully saturated rings. The molecule has 3 saturated carbocycles. The van der Waals surface area contributed by atoms with Gasteiger partial charge in [-0.1, -0.05) is 51.1 Å². The molecule has 2 N–H and O–H groups in total. The van der Waals surface area contributed by atoms with Crippen molar-refractivity contribution in [3.8, 4) is 0 Å². The smallest absolute Gasteiger partial charge is 0.166 e. The Morgan fingerprint density at radius 2 is 1.77 bits per heavy atom. The molecular formula is C19H26O3. The molecule has 0 heterocycles. The van der Waals surface area contributed by atoms with Crippen molar-refractivity contribution in [2.24, 2.45) is 22.7 Å². The van der Waals surface area contributed by atoms with E-state index in [-0.39, 0.29) is 23.0 Å². The maximum absolute atomic E-state index is 13.1. The molecule has 0 spiro atoms. The second kappa shape index (κ2) is 5.17. The van der Waals surface area contributed by atoms with Crippen LogP contribution >= 0.6 is 0 Å². The van der Waals surface area contributed by atoms with Gasteiger partial charge in [-0.15, -0.1) is 0 Å². The molecule has 22 heavy (non-hydrogen) atoms. The van der Waals surface area contributed by atoms with Gasteiger partial charge in [0.1, 0.15) is 0 Å². The zero-order valence-corrected chi connectivity index (χ0v) is 13.6. The van der Waals surface area contributed by atoms with Gasteiger partial charge in [0.15, 0.2) is 5.78 Å². The van der Waals surface area contributed by atoms with Crippen molar-refractivity contribution in [1.29, 1.82) is 0 Å². The van der Waals surface area contributed by atoms with E-state index in [4.69, 9.17) is 0 Å². The van der Waals surface area contributed by atoms with Crippen LogP contribution in [0.1, 0.15) is 50.4 Å². The first-order chi connectivity index (χ1) is 10.3. The number of Topliss-reactive ketones (excluding diaryl/α,β-unsaturated/α-hetero) is 1. The number of carbonyl (C=O) groups excluding carboxylic acids is 1. The van der Waals surface area contributed by atoms with Gasteiger partial charge in [-0.3, -0.25) is 4.79 Å². The molecule has 3 aliphatic carbocycles. The third kappa shape index (κ3) is 1.99. The molecule has 3 nitrogen and oxygen atoms in total. The zero-order chi connectivity index (χ0) is 16.1. The molecule has 4 rings (SSSR count). The van der Waals surface area contributed by atoms with Gasteiger partial charge in [0, 0.05) is 16.9 Å². The molecule has 0 aliphatic heterocycles. The van der Waals surface area contributed by atoms with Crippen LogP contribution in [-0.2, 0) is 0 Å². The molecular weight excluding hydrogens is 276 g/mol. The van der Waals surface area contributed by atoms with Crippen LogP contribution in [0.4, 0.5) is 0 Å². The molecule has 3 heteroatoms. The monoisotopic (exact) mass is 302 g/mol. The third-order valence-corrected chi connectivity index (χ3v) is 6.46. The summed E-state index contributed by atoms with van der Waals surface area (Å²) in [5.74, 6) is 0.0536. The van der Waals surface area contributed by atoms with Crippen molar-refractivity contribution in [1.82, 2.24) is 0 Å². The first-order valence-corrected chi connectivity index (χ1v) is 8.28. The lowest BCUT2D eigenvalue weighted by Crippen LogP contribution is -2.67. The predicted molar refractivity (Wildman–Crippen MR) is 85.5 cm³/mol. The topological polar surface area (TPSA) is 57.5 Å².